The summed E-state index contributed by atoms with van der Waals surface area (Å²) in [6, 6.07) is 0. The number of sulfonamides is 1. The molecule has 0 bridgehead atoms. The minimum absolute atomic E-state index is 0.426. The molecule has 1 aliphatic carbocycles. The van der Waals surface area contributed by atoms with Crippen molar-refractivity contribution in [2.75, 3.05) is 26.2 Å². The van der Waals surface area contributed by atoms with Crippen molar-refractivity contribution in [2.24, 2.45) is 0 Å². The second-order valence-electron chi connectivity index (χ2n) is 4.10. The van der Waals surface area contributed by atoms with E-state index in [0.29, 0.717) is 13.1 Å². The number of hydrogen-bond acceptors (Lipinski definition) is 3. The lowest BCUT2D eigenvalue weighted by atomic mass is 10.4. The van der Waals surface area contributed by atoms with Crippen molar-refractivity contribution in [3.63, 3.8) is 0 Å². The molecule has 0 unspecified atom stereocenters. The van der Waals surface area contributed by atoms with Gasteiger partial charge in [0.05, 0.1) is 4.75 Å². The quantitative estimate of drug-likeness (QED) is 0.676. The highest BCUT2D eigenvalue weighted by Crippen LogP contribution is 2.44. The van der Waals surface area contributed by atoms with Gasteiger partial charge in [0, 0.05) is 26.2 Å². The Morgan fingerprint density at radius 3 is 2.23 bits per heavy atom. The van der Waals surface area contributed by atoms with Crippen molar-refractivity contribution in [2.45, 2.75) is 24.5 Å². The lowest BCUT2D eigenvalue weighted by Gasteiger charge is -2.29. The van der Waals surface area contributed by atoms with Crippen LogP contribution in [0.2, 0.25) is 0 Å². The van der Waals surface area contributed by atoms with Crippen LogP contribution in [-0.4, -0.2) is 43.6 Å². The Hall–Kier alpha value is -0.130. The van der Waals surface area contributed by atoms with Gasteiger partial charge in [-0.25, -0.2) is 8.42 Å². The summed E-state index contributed by atoms with van der Waals surface area (Å²) in [6.07, 6.45) is 1.67. The summed E-state index contributed by atoms with van der Waals surface area (Å²) in [5.41, 5.74) is 0. The molecular formula is C8H16N2O2S. The Morgan fingerprint density at radius 2 is 1.77 bits per heavy atom. The summed E-state index contributed by atoms with van der Waals surface area (Å²) in [4.78, 5) is 0. The van der Waals surface area contributed by atoms with Gasteiger partial charge in [0.15, 0.2) is 0 Å². The summed E-state index contributed by atoms with van der Waals surface area (Å²) in [7, 11) is -3.00. The molecule has 76 valence electrons. The summed E-state index contributed by atoms with van der Waals surface area (Å²) in [5.74, 6) is 0. The molecule has 1 saturated carbocycles. The predicted octanol–water partition coefficient (Wildman–Crippen LogP) is -0.226. The van der Waals surface area contributed by atoms with Crippen molar-refractivity contribution >= 4 is 10.0 Å². The topological polar surface area (TPSA) is 49.4 Å². The normalized spacial score (nSPS) is 28.7. The van der Waals surface area contributed by atoms with E-state index in [1.807, 2.05) is 6.92 Å². The van der Waals surface area contributed by atoms with Gasteiger partial charge in [0.25, 0.3) is 0 Å². The first-order valence-electron chi connectivity index (χ1n) is 4.77. The standard InChI is InChI=1S/C8H16N2O2S/c1-8(2-3-8)13(11,12)10-6-4-9-5-7-10/h9H,2-7H2,1H3. The third-order valence-corrected chi connectivity index (χ3v) is 5.69. The Balaban J connectivity index is 2.14. The van der Waals surface area contributed by atoms with E-state index >= 15 is 0 Å². The number of piperazine rings is 1. The third kappa shape index (κ3) is 1.49. The van der Waals surface area contributed by atoms with Crippen LogP contribution in [0.1, 0.15) is 19.8 Å². The molecule has 0 aromatic carbocycles. The van der Waals surface area contributed by atoms with Crippen LogP contribution in [0, 0.1) is 0 Å². The average Bonchev–Trinajstić information content (AvgIpc) is 2.87. The first-order chi connectivity index (χ1) is 6.06. The summed E-state index contributed by atoms with van der Waals surface area (Å²) in [5, 5.41) is 3.15. The fraction of sp³-hybridized carbons (Fsp3) is 1.00. The van der Waals surface area contributed by atoms with E-state index < -0.39 is 14.8 Å². The van der Waals surface area contributed by atoms with E-state index in [0.717, 1.165) is 25.9 Å². The summed E-state index contributed by atoms with van der Waals surface area (Å²) >= 11 is 0. The van der Waals surface area contributed by atoms with E-state index in [1.54, 1.807) is 4.31 Å². The van der Waals surface area contributed by atoms with E-state index in [2.05, 4.69) is 5.32 Å². The fourth-order valence-electron chi connectivity index (χ4n) is 1.63. The predicted molar refractivity (Wildman–Crippen MR) is 51.0 cm³/mol. The van der Waals surface area contributed by atoms with Crippen molar-refractivity contribution in [3.05, 3.63) is 0 Å². The molecule has 1 aliphatic heterocycles. The maximum absolute atomic E-state index is 12.0. The largest absolute Gasteiger partial charge is 0.314 e. The number of rotatable bonds is 2. The lowest BCUT2D eigenvalue weighted by molar-refractivity contribution is 0.355. The Labute approximate surface area is 79.4 Å². The zero-order chi connectivity index (χ0) is 9.53. The molecule has 0 radical (unpaired) electrons. The molecular weight excluding hydrogens is 188 g/mol. The van der Waals surface area contributed by atoms with Gasteiger partial charge in [0.2, 0.25) is 10.0 Å². The van der Waals surface area contributed by atoms with E-state index in [1.165, 1.54) is 0 Å². The van der Waals surface area contributed by atoms with Crippen LogP contribution in [0.3, 0.4) is 0 Å². The van der Waals surface area contributed by atoms with Gasteiger partial charge in [-0.3, -0.25) is 0 Å². The van der Waals surface area contributed by atoms with Crippen molar-refractivity contribution in [3.8, 4) is 0 Å². The van der Waals surface area contributed by atoms with Crippen LogP contribution >= 0.6 is 0 Å². The van der Waals surface area contributed by atoms with Crippen molar-refractivity contribution in [1.29, 1.82) is 0 Å². The Morgan fingerprint density at radius 1 is 1.23 bits per heavy atom. The van der Waals surface area contributed by atoms with Crippen LogP contribution in [0.15, 0.2) is 0 Å². The van der Waals surface area contributed by atoms with Crippen LogP contribution in [0.5, 0.6) is 0 Å². The number of hydrogen-bond donors (Lipinski definition) is 1. The zero-order valence-electron chi connectivity index (χ0n) is 7.91. The van der Waals surface area contributed by atoms with Crippen LogP contribution in [-0.2, 0) is 10.0 Å². The molecule has 0 spiro atoms. The molecule has 2 rings (SSSR count). The van der Waals surface area contributed by atoms with Gasteiger partial charge in [-0.1, -0.05) is 0 Å². The number of nitrogens with one attached hydrogen (secondary N) is 1. The van der Waals surface area contributed by atoms with Gasteiger partial charge in [-0.05, 0) is 19.8 Å². The maximum Gasteiger partial charge on any atom is 0.219 e. The molecule has 2 fully saturated rings. The van der Waals surface area contributed by atoms with Gasteiger partial charge in [-0.15, -0.1) is 0 Å². The van der Waals surface area contributed by atoms with Crippen LogP contribution in [0.4, 0.5) is 0 Å². The van der Waals surface area contributed by atoms with Crippen LogP contribution < -0.4 is 5.32 Å². The monoisotopic (exact) mass is 204 g/mol. The van der Waals surface area contributed by atoms with E-state index in [-0.39, 0.29) is 0 Å². The minimum Gasteiger partial charge on any atom is -0.314 e. The summed E-state index contributed by atoms with van der Waals surface area (Å²) < 4.78 is 25.1. The maximum atomic E-state index is 12.0. The Bertz CT molecular complexity index is 289. The second-order valence-corrected chi connectivity index (χ2v) is 6.56. The van der Waals surface area contributed by atoms with Gasteiger partial charge < -0.3 is 5.32 Å². The third-order valence-electron chi connectivity index (χ3n) is 2.99. The highest BCUT2D eigenvalue weighted by molar-refractivity contribution is 7.90. The minimum atomic E-state index is -3.00. The highest BCUT2D eigenvalue weighted by Gasteiger charge is 2.52. The smallest absolute Gasteiger partial charge is 0.219 e. The van der Waals surface area contributed by atoms with Crippen LogP contribution in [0.25, 0.3) is 0 Å². The number of nitrogens with zero attached hydrogens (tertiary/aromatic N) is 1. The second kappa shape index (κ2) is 2.93. The van der Waals surface area contributed by atoms with Gasteiger partial charge in [0.1, 0.15) is 0 Å². The molecule has 0 aromatic rings. The van der Waals surface area contributed by atoms with E-state index in [4.69, 9.17) is 0 Å². The SMILES string of the molecule is CC1(S(=O)(=O)N2CCNCC2)CC1. The van der Waals surface area contributed by atoms with E-state index in [9.17, 15) is 8.42 Å². The average molecular weight is 204 g/mol. The molecule has 0 atom stereocenters. The molecule has 0 amide bonds. The van der Waals surface area contributed by atoms with Gasteiger partial charge >= 0.3 is 0 Å². The molecule has 0 aromatic heterocycles. The zero-order valence-corrected chi connectivity index (χ0v) is 8.73. The molecule has 1 saturated heterocycles. The lowest BCUT2D eigenvalue weighted by Crippen LogP contribution is -2.49. The molecule has 5 heteroatoms. The van der Waals surface area contributed by atoms with Crippen molar-refractivity contribution < 1.29 is 8.42 Å². The highest BCUT2D eigenvalue weighted by atomic mass is 32.2. The van der Waals surface area contributed by atoms with Gasteiger partial charge in [-0.2, -0.15) is 4.31 Å². The Kier molecular flexibility index (Phi) is 2.13. The molecule has 1 N–H and O–H groups in total. The fourth-order valence-corrected chi connectivity index (χ4v) is 3.53. The first kappa shape index (κ1) is 9.43. The molecule has 4 nitrogen and oxygen atoms in total. The molecule has 2 aliphatic rings. The van der Waals surface area contributed by atoms with Crippen molar-refractivity contribution in [1.82, 2.24) is 9.62 Å². The summed E-state index contributed by atoms with van der Waals surface area (Å²) in [6.45, 7) is 4.70. The first-order valence-corrected chi connectivity index (χ1v) is 6.21. The molecule has 1 heterocycles. The molecule has 13 heavy (non-hydrogen) atoms.